The topological polar surface area (TPSA) is 57.8 Å². The Hall–Kier alpha value is -2.62. The van der Waals surface area contributed by atoms with E-state index in [2.05, 4.69) is 58.8 Å². The standard InChI is InChI=1S/C21H25N3O/c1-14(21-15(2)23-24-16(21)3)12-20(25)22-11-10-17-8-9-18-6-4-5-7-19(18)13-17/h4-9,13-14H,10-12H2,1-3H3,(H,22,25)(H,23,24). The molecule has 1 aromatic heterocycles. The summed E-state index contributed by atoms with van der Waals surface area (Å²) in [5, 5.41) is 12.7. The van der Waals surface area contributed by atoms with Crippen molar-refractivity contribution in [1.82, 2.24) is 15.5 Å². The number of rotatable bonds is 6. The Morgan fingerprint density at radius 2 is 1.92 bits per heavy atom. The Kier molecular flexibility index (Phi) is 5.17. The van der Waals surface area contributed by atoms with Crippen molar-refractivity contribution in [2.75, 3.05) is 6.54 Å². The molecule has 0 radical (unpaired) electrons. The molecule has 0 aliphatic heterocycles. The third kappa shape index (κ3) is 4.08. The number of fused-ring (bicyclic) bond motifs is 1. The number of carbonyl (C=O) groups is 1. The van der Waals surface area contributed by atoms with E-state index in [4.69, 9.17) is 0 Å². The lowest BCUT2D eigenvalue weighted by molar-refractivity contribution is -0.121. The van der Waals surface area contributed by atoms with Crippen molar-refractivity contribution >= 4 is 16.7 Å². The third-order valence-corrected chi connectivity index (χ3v) is 4.72. The van der Waals surface area contributed by atoms with Crippen LogP contribution in [-0.4, -0.2) is 22.6 Å². The molecule has 0 spiro atoms. The third-order valence-electron chi connectivity index (χ3n) is 4.72. The highest BCUT2D eigenvalue weighted by molar-refractivity contribution is 5.83. The Labute approximate surface area is 148 Å². The molecule has 0 fully saturated rings. The van der Waals surface area contributed by atoms with Crippen LogP contribution in [0.3, 0.4) is 0 Å². The first-order chi connectivity index (χ1) is 12.0. The predicted octanol–water partition coefficient (Wildman–Crippen LogP) is 4.03. The van der Waals surface area contributed by atoms with Gasteiger partial charge in [-0.25, -0.2) is 0 Å². The molecule has 1 unspecified atom stereocenters. The molecule has 1 amide bonds. The van der Waals surface area contributed by atoms with E-state index in [0.717, 1.165) is 23.4 Å². The minimum absolute atomic E-state index is 0.0910. The van der Waals surface area contributed by atoms with E-state index in [-0.39, 0.29) is 11.8 Å². The van der Waals surface area contributed by atoms with Crippen molar-refractivity contribution in [2.45, 2.75) is 39.5 Å². The molecule has 1 atom stereocenters. The summed E-state index contributed by atoms with van der Waals surface area (Å²) in [6.45, 7) is 6.72. The maximum absolute atomic E-state index is 12.2. The van der Waals surface area contributed by atoms with Crippen molar-refractivity contribution < 1.29 is 4.79 Å². The van der Waals surface area contributed by atoms with Crippen LogP contribution in [-0.2, 0) is 11.2 Å². The zero-order valence-corrected chi connectivity index (χ0v) is 15.1. The molecule has 0 saturated heterocycles. The monoisotopic (exact) mass is 335 g/mol. The number of amides is 1. The van der Waals surface area contributed by atoms with Crippen molar-refractivity contribution in [1.29, 1.82) is 0 Å². The van der Waals surface area contributed by atoms with Crippen LogP contribution in [0.5, 0.6) is 0 Å². The van der Waals surface area contributed by atoms with E-state index in [1.165, 1.54) is 16.3 Å². The number of hydrogen-bond acceptors (Lipinski definition) is 2. The lowest BCUT2D eigenvalue weighted by atomic mass is 9.95. The van der Waals surface area contributed by atoms with Gasteiger partial charge in [0.2, 0.25) is 5.91 Å². The second-order valence-corrected chi connectivity index (χ2v) is 6.73. The van der Waals surface area contributed by atoms with Crippen molar-refractivity contribution in [2.24, 2.45) is 0 Å². The molecular formula is C21H25N3O. The number of carbonyl (C=O) groups excluding carboxylic acids is 1. The molecular weight excluding hydrogens is 310 g/mol. The Bertz CT molecular complexity index is 862. The van der Waals surface area contributed by atoms with Gasteiger partial charge >= 0.3 is 0 Å². The Balaban J connectivity index is 1.52. The number of H-pyrrole nitrogens is 1. The Morgan fingerprint density at radius 1 is 1.16 bits per heavy atom. The predicted molar refractivity (Wildman–Crippen MR) is 102 cm³/mol. The van der Waals surface area contributed by atoms with Gasteiger partial charge in [0.05, 0.1) is 5.69 Å². The summed E-state index contributed by atoms with van der Waals surface area (Å²) in [6, 6.07) is 14.8. The average molecular weight is 335 g/mol. The van der Waals surface area contributed by atoms with Crippen LogP contribution >= 0.6 is 0 Å². The summed E-state index contributed by atoms with van der Waals surface area (Å²) >= 11 is 0. The summed E-state index contributed by atoms with van der Waals surface area (Å²) in [4.78, 5) is 12.2. The number of benzene rings is 2. The molecule has 130 valence electrons. The number of aromatic amines is 1. The largest absolute Gasteiger partial charge is 0.356 e. The van der Waals surface area contributed by atoms with Crippen LogP contribution in [0.15, 0.2) is 42.5 Å². The van der Waals surface area contributed by atoms with Gasteiger partial charge in [-0.05, 0) is 48.1 Å². The molecule has 3 aromatic rings. The summed E-state index contributed by atoms with van der Waals surface area (Å²) in [5.41, 5.74) is 4.43. The smallest absolute Gasteiger partial charge is 0.220 e. The summed E-state index contributed by atoms with van der Waals surface area (Å²) in [5.74, 6) is 0.257. The first-order valence-corrected chi connectivity index (χ1v) is 8.80. The van der Waals surface area contributed by atoms with E-state index in [9.17, 15) is 4.79 Å². The molecule has 0 aliphatic carbocycles. The van der Waals surface area contributed by atoms with E-state index in [1.807, 2.05) is 19.9 Å². The van der Waals surface area contributed by atoms with E-state index in [1.54, 1.807) is 0 Å². The molecule has 4 nitrogen and oxygen atoms in total. The number of aromatic nitrogens is 2. The van der Waals surface area contributed by atoms with Gasteiger partial charge in [0.1, 0.15) is 0 Å². The number of aryl methyl sites for hydroxylation is 2. The Morgan fingerprint density at radius 3 is 2.64 bits per heavy atom. The zero-order valence-electron chi connectivity index (χ0n) is 15.1. The van der Waals surface area contributed by atoms with Gasteiger partial charge in [0, 0.05) is 18.7 Å². The SMILES string of the molecule is Cc1n[nH]c(C)c1C(C)CC(=O)NCCc1ccc2ccccc2c1. The van der Waals surface area contributed by atoms with Crippen LogP contribution in [0.2, 0.25) is 0 Å². The molecule has 2 aromatic carbocycles. The van der Waals surface area contributed by atoms with Crippen LogP contribution in [0.25, 0.3) is 10.8 Å². The zero-order chi connectivity index (χ0) is 17.8. The molecule has 0 aliphatic rings. The molecule has 25 heavy (non-hydrogen) atoms. The van der Waals surface area contributed by atoms with Crippen molar-refractivity contribution in [3.8, 4) is 0 Å². The quantitative estimate of drug-likeness (QED) is 0.714. The van der Waals surface area contributed by atoms with Crippen LogP contribution in [0.1, 0.15) is 41.8 Å². The summed E-state index contributed by atoms with van der Waals surface area (Å²) in [7, 11) is 0. The van der Waals surface area contributed by atoms with Gasteiger partial charge in [-0.1, -0.05) is 49.4 Å². The molecule has 0 bridgehead atoms. The normalized spacial score (nSPS) is 12.3. The number of nitrogens with zero attached hydrogens (tertiary/aromatic N) is 1. The van der Waals surface area contributed by atoms with Gasteiger partial charge in [0.15, 0.2) is 0 Å². The molecule has 0 saturated carbocycles. The average Bonchev–Trinajstić information content (AvgIpc) is 2.93. The molecule has 1 heterocycles. The molecule has 3 rings (SSSR count). The minimum atomic E-state index is 0.0910. The molecule has 4 heteroatoms. The van der Waals surface area contributed by atoms with E-state index >= 15 is 0 Å². The first-order valence-electron chi connectivity index (χ1n) is 8.80. The first kappa shape index (κ1) is 17.2. The van der Waals surface area contributed by atoms with E-state index in [0.29, 0.717) is 13.0 Å². The van der Waals surface area contributed by atoms with Gasteiger partial charge in [-0.2, -0.15) is 5.10 Å². The maximum atomic E-state index is 12.2. The van der Waals surface area contributed by atoms with Gasteiger partial charge in [-0.15, -0.1) is 0 Å². The maximum Gasteiger partial charge on any atom is 0.220 e. The van der Waals surface area contributed by atoms with Crippen molar-refractivity contribution in [3.05, 3.63) is 65.0 Å². The lowest BCUT2D eigenvalue weighted by Gasteiger charge is -2.12. The highest BCUT2D eigenvalue weighted by atomic mass is 16.1. The van der Waals surface area contributed by atoms with Crippen LogP contribution in [0.4, 0.5) is 0 Å². The van der Waals surface area contributed by atoms with E-state index < -0.39 is 0 Å². The second kappa shape index (κ2) is 7.51. The summed E-state index contributed by atoms with van der Waals surface area (Å²) in [6.07, 6.45) is 1.33. The fourth-order valence-corrected chi connectivity index (χ4v) is 3.48. The van der Waals surface area contributed by atoms with Gasteiger partial charge in [-0.3, -0.25) is 9.89 Å². The highest BCUT2D eigenvalue weighted by Crippen LogP contribution is 2.24. The number of nitrogens with one attached hydrogen (secondary N) is 2. The summed E-state index contributed by atoms with van der Waals surface area (Å²) < 4.78 is 0. The van der Waals surface area contributed by atoms with Crippen LogP contribution < -0.4 is 5.32 Å². The molecule has 2 N–H and O–H groups in total. The minimum Gasteiger partial charge on any atom is -0.356 e. The van der Waals surface area contributed by atoms with Gasteiger partial charge < -0.3 is 5.32 Å². The van der Waals surface area contributed by atoms with Crippen molar-refractivity contribution in [3.63, 3.8) is 0 Å². The lowest BCUT2D eigenvalue weighted by Crippen LogP contribution is -2.26. The number of hydrogen-bond donors (Lipinski definition) is 2. The van der Waals surface area contributed by atoms with Crippen LogP contribution in [0, 0.1) is 13.8 Å². The highest BCUT2D eigenvalue weighted by Gasteiger charge is 2.17. The fraction of sp³-hybridized carbons (Fsp3) is 0.333. The van der Waals surface area contributed by atoms with Gasteiger partial charge in [0.25, 0.3) is 0 Å². The second-order valence-electron chi connectivity index (χ2n) is 6.73. The fourth-order valence-electron chi connectivity index (χ4n) is 3.48.